The maximum atomic E-state index is 14.5. The number of aromatic nitrogens is 2. The number of hydrogen-bond acceptors (Lipinski definition) is 7. The second-order valence-electron chi connectivity index (χ2n) is 7.13. The van der Waals surface area contributed by atoms with Crippen molar-refractivity contribution in [3.63, 3.8) is 0 Å². The summed E-state index contributed by atoms with van der Waals surface area (Å²) in [5.41, 5.74) is 4.58. The number of carbonyl (C=O) groups excluding carboxylic acids is 2. The highest BCUT2D eigenvalue weighted by Gasteiger charge is 2.30. The van der Waals surface area contributed by atoms with Crippen molar-refractivity contribution in [2.24, 2.45) is 5.73 Å². The number of pyridine rings is 2. The van der Waals surface area contributed by atoms with Crippen LogP contribution in [0.3, 0.4) is 0 Å². The maximum absolute atomic E-state index is 14.5. The van der Waals surface area contributed by atoms with Gasteiger partial charge in [-0.1, -0.05) is 6.07 Å². The number of anilines is 1. The van der Waals surface area contributed by atoms with Crippen LogP contribution in [0.5, 0.6) is 11.6 Å². The van der Waals surface area contributed by atoms with Gasteiger partial charge in [0.1, 0.15) is 17.2 Å². The van der Waals surface area contributed by atoms with Crippen LogP contribution in [-0.2, 0) is 17.4 Å². The number of nitrogens with one attached hydrogen (secondary N) is 3. The molecule has 36 heavy (non-hydrogen) atoms. The van der Waals surface area contributed by atoms with Gasteiger partial charge in [0.2, 0.25) is 11.8 Å². The van der Waals surface area contributed by atoms with Crippen molar-refractivity contribution in [3.8, 4) is 11.6 Å². The van der Waals surface area contributed by atoms with E-state index in [1.54, 1.807) is 0 Å². The van der Waals surface area contributed by atoms with Crippen molar-refractivity contribution in [2.75, 3.05) is 5.32 Å². The Morgan fingerprint density at radius 2 is 1.92 bits per heavy atom. The fourth-order valence-electron chi connectivity index (χ4n) is 2.78. The van der Waals surface area contributed by atoms with Gasteiger partial charge >= 0.3 is 6.18 Å². The average Bonchev–Trinajstić information content (AvgIpc) is 2.80. The maximum Gasteiger partial charge on any atom is 0.417 e. The van der Waals surface area contributed by atoms with Gasteiger partial charge in [0.15, 0.2) is 11.6 Å². The van der Waals surface area contributed by atoms with E-state index >= 15 is 0 Å². The molecule has 0 saturated carbocycles. The second kappa shape index (κ2) is 11.1. The van der Waals surface area contributed by atoms with Crippen molar-refractivity contribution in [2.45, 2.75) is 12.6 Å². The number of nitrogens with zero attached hydrogens (tertiary/aromatic N) is 2. The molecule has 0 radical (unpaired) electrons. The minimum Gasteiger partial charge on any atom is -0.435 e. The summed E-state index contributed by atoms with van der Waals surface area (Å²) in [5, 5.41) is 12.6. The van der Waals surface area contributed by atoms with E-state index in [4.69, 9.17) is 15.9 Å². The number of halogens is 4. The van der Waals surface area contributed by atoms with E-state index in [-0.39, 0.29) is 40.8 Å². The molecule has 0 unspecified atom stereocenters. The summed E-state index contributed by atoms with van der Waals surface area (Å²) in [5.74, 6) is -2.86. The molecule has 5 N–H and O–H groups in total. The van der Waals surface area contributed by atoms with Gasteiger partial charge in [-0.3, -0.25) is 15.0 Å². The third kappa shape index (κ3) is 7.09. The smallest absolute Gasteiger partial charge is 0.417 e. The van der Waals surface area contributed by atoms with Gasteiger partial charge in [0, 0.05) is 18.6 Å². The minimum absolute atomic E-state index is 0.0319. The van der Waals surface area contributed by atoms with Crippen LogP contribution in [0.2, 0.25) is 0 Å². The first-order valence-corrected chi connectivity index (χ1v) is 10.1. The van der Waals surface area contributed by atoms with Crippen LogP contribution in [0.1, 0.15) is 21.5 Å². The van der Waals surface area contributed by atoms with Gasteiger partial charge < -0.3 is 21.1 Å². The Morgan fingerprint density at radius 1 is 1.14 bits per heavy atom. The molecule has 186 valence electrons. The van der Waals surface area contributed by atoms with E-state index in [9.17, 15) is 27.2 Å². The molecule has 0 atom stereocenters. The second-order valence-corrected chi connectivity index (χ2v) is 7.13. The highest BCUT2D eigenvalue weighted by Crippen LogP contribution is 2.29. The van der Waals surface area contributed by atoms with Gasteiger partial charge in [0.25, 0.3) is 5.91 Å². The molecule has 0 bridgehead atoms. The number of alkyl halides is 3. The van der Waals surface area contributed by atoms with Gasteiger partial charge in [0.05, 0.1) is 12.0 Å². The first kappa shape index (κ1) is 25.8. The summed E-state index contributed by atoms with van der Waals surface area (Å²) < 4.78 is 57.4. The predicted molar refractivity (Wildman–Crippen MR) is 121 cm³/mol. The molecule has 0 aliphatic rings. The number of amides is 2. The van der Waals surface area contributed by atoms with E-state index in [1.807, 2.05) is 0 Å². The first-order chi connectivity index (χ1) is 17.0. The zero-order chi connectivity index (χ0) is 26.3. The van der Waals surface area contributed by atoms with Crippen LogP contribution in [0, 0.1) is 11.2 Å². The van der Waals surface area contributed by atoms with Crippen molar-refractivity contribution in [1.29, 1.82) is 5.41 Å². The molecule has 0 spiro atoms. The normalized spacial score (nSPS) is 11.2. The van der Waals surface area contributed by atoms with Crippen molar-refractivity contribution < 1.29 is 31.9 Å². The Morgan fingerprint density at radius 3 is 2.56 bits per heavy atom. The number of hydrogen-bond donors (Lipinski definition) is 4. The van der Waals surface area contributed by atoms with Gasteiger partial charge in [-0.15, -0.1) is 0 Å². The zero-order valence-corrected chi connectivity index (χ0v) is 18.3. The number of benzene rings is 1. The average molecular weight is 502 g/mol. The molecule has 9 nitrogen and oxygen atoms in total. The molecule has 0 aliphatic carbocycles. The highest BCUT2D eigenvalue weighted by atomic mass is 19.4. The van der Waals surface area contributed by atoms with Gasteiger partial charge in [-0.25, -0.2) is 14.4 Å². The lowest BCUT2D eigenvalue weighted by Gasteiger charge is -2.10. The minimum atomic E-state index is -4.50. The standard InChI is InChI=1S/C23H18F4N6O3/c24-16-10-13(3-5-17(16)36-22-15(21(29)35)2-1-8-31-22)11-20(34)33-18(28)7-9-30-19-6-4-14(12-32-19)23(25,26)27/h1-10,12H,11H2,(H2,29,35)(H,30,32)(H2,28,33,34)/b9-7-. The lowest BCUT2D eigenvalue weighted by Crippen LogP contribution is -2.29. The van der Waals surface area contributed by atoms with Crippen LogP contribution in [-0.4, -0.2) is 27.6 Å². The molecule has 3 aromatic rings. The highest BCUT2D eigenvalue weighted by molar-refractivity contribution is 6.03. The summed E-state index contributed by atoms with van der Waals surface area (Å²) in [4.78, 5) is 31.1. The van der Waals surface area contributed by atoms with Crippen molar-refractivity contribution in [1.82, 2.24) is 15.3 Å². The monoisotopic (exact) mass is 502 g/mol. The topological polar surface area (TPSA) is 143 Å². The third-order valence-electron chi connectivity index (χ3n) is 4.45. The van der Waals surface area contributed by atoms with Gasteiger partial charge in [-0.05, 0) is 48.0 Å². The predicted octanol–water partition coefficient (Wildman–Crippen LogP) is 3.79. The number of nitrogens with two attached hydrogens (primary N) is 1. The summed E-state index contributed by atoms with van der Waals surface area (Å²) >= 11 is 0. The summed E-state index contributed by atoms with van der Waals surface area (Å²) in [7, 11) is 0. The van der Waals surface area contributed by atoms with Crippen LogP contribution in [0.15, 0.2) is 67.1 Å². The largest absolute Gasteiger partial charge is 0.435 e. The third-order valence-corrected chi connectivity index (χ3v) is 4.45. The lowest BCUT2D eigenvalue weighted by molar-refractivity contribution is -0.137. The van der Waals surface area contributed by atoms with E-state index in [1.165, 1.54) is 36.7 Å². The van der Waals surface area contributed by atoms with Gasteiger partial charge in [-0.2, -0.15) is 13.2 Å². The zero-order valence-electron chi connectivity index (χ0n) is 18.3. The van der Waals surface area contributed by atoms with E-state index in [0.717, 1.165) is 24.3 Å². The Kier molecular flexibility index (Phi) is 7.94. The van der Waals surface area contributed by atoms with E-state index in [2.05, 4.69) is 20.6 Å². The Labute approximate surface area is 201 Å². The molecule has 2 aromatic heterocycles. The van der Waals surface area contributed by atoms with Crippen LogP contribution in [0.4, 0.5) is 23.4 Å². The summed E-state index contributed by atoms with van der Waals surface area (Å²) in [6.07, 6.45) is -0.405. The fourth-order valence-corrected chi connectivity index (χ4v) is 2.78. The molecule has 0 fully saturated rings. The first-order valence-electron chi connectivity index (χ1n) is 10.1. The number of carbonyl (C=O) groups is 2. The molecule has 1 aromatic carbocycles. The molecule has 2 amide bonds. The Bertz CT molecular complexity index is 1310. The van der Waals surface area contributed by atoms with Crippen molar-refractivity contribution >= 4 is 23.5 Å². The van der Waals surface area contributed by atoms with E-state index < -0.39 is 29.4 Å². The molecule has 13 heteroatoms. The number of primary amides is 1. The molecular formula is C23H18F4N6O3. The molecular weight excluding hydrogens is 484 g/mol. The number of rotatable bonds is 8. The van der Waals surface area contributed by atoms with Crippen LogP contribution in [0.25, 0.3) is 0 Å². The van der Waals surface area contributed by atoms with E-state index in [0.29, 0.717) is 6.20 Å². The summed E-state index contributed by atoms with van der Waals surface area (Å²) in [6.45, 7) is 0. The SMILES string of the molecule is N=C(/C=C\Nc1ccc(C(F)(F)F)cn1)NC(=O)Cc1ccc(Oc2ncccc2C(N)=O)c(F)c1. The van der Waals surface area contributed by atoms with Crippen molar-refractivity contribution in [3.05, 3.63) is 89.6 Å². The number of amidine groups is 1. The van der Waals surface area contributed by atoms with Crippen LogP contribution < -0.4 is 21.1 Å². The Balaban J connectivity index is 1.53. The number of ether oxygens (including phenoxy) is 1. The molecule has 0 saturated heterocycles. The molecule has 3 rings (SSSR count). The molecule has 2 heterocycles. The lowest BCUT2D eigenvalue weighted by atomic mass is 10.1. The summed E-state index contributed by atoms with van der Waals surface area (Å²) in [6, 6.07) is 8.53. The molecule has 0 aliphatic heterocycles. The fraction of sp³-hybridized carbons (Fsp3) is 0.0870. The Hall–Kier alpha value is -4.81. The van der Waals surface area contributed by atoms with Crippen LogP contribution >= 0.6 is 0 Å². The quantitative estimate of drug-likeness (QED) is 0.210.